The highest BCUT2D eigenvalue weighted by molar-refractivity contribution is 5.70. The number of carbonyl (C=O) groups excluding carboxylic acids is 1. The van der Waals surface area contributed by atoms with E-state index in [9.17, 15) is 4.79 Å². The first-order valence-electron chi connectivity index (χ1n) is 7.47. The standard InChI is InChI=1S/C15H25NO3/c17-15(13-14-5-1-2-6-14)19-10-4-3-7-16-8-11-18-12-9-16/h1,5,14H,2-4,6-13H2/t14-/m0/s1. The second-order valence-electron chi connectivity index (χ2n) is 5.35. The van der Waals surface area contributed by atoms with Gasteiger partial charge in [-0.25, -0.2) is 0 Å². The maximum Gasteiger partial charge on any atom is 0.306 e. The molecule has 0 aromatic carbocycles. The average Bonchev–Trinajstić information content (AvgIpc) is 2.92. The van der Waals surface area contributed by atoms with Crippen LogP contribution in [0.1, 0.15) is 32.1 Å². The molecule has 1 fully saturated rings. The van der Waals surface area contributed by atoms with E-state index >= 15 is 0 Å². The van der Waals surface area contributed by atoms with Gasteiger partial charge in [0.25, 0.3) is 0 Å². The molecule has 0 aromatic rings. The highest BCUT2D eigenvalue weighted by Crippen LogP contribution is 2.20. The lowest BCUT2D eigenvalue weighted by molar-refractivity contribution is -0.144. The largest absolute Gasteiger partial charge is 0.466 e. The zero-order valence-corrected chi connectivity index (χ0v) is 11.7. The molecule has 2 rings (SSSR count). The SMILES string of the molecule is O=C(C[C@H]1C=CCC1)OCCCCN1CCOCC1. The summed E-state index contributed by atoms with van der Waals surface area (Å²) in [6, 6.07) is 0. The average molecular weight is 267 g/mol. The molecule has 2 aliphatic rings. The molecular formula is C15H25NO3. The zero-order chi connectivity index (χ0) is 13.3. The number of hydrogen-bond acceptors (Lipinski definition) is 4. The fourth-order valence-electron chi connectivity index (χ4n) is 2.59. The Morgan fingerprint density at radius 1 is 1.32 bits per heavy atom. The lowest BCUT2D eigenvalue weighted by Crippen LogP contribution is -2.36. The quantitative estimate of drug-likeness (QED) is 0.402. The molecule has 19 heavy (non-hydrogen) atoms. The molecule has 1 atom stereocenters. The topological polar surface area (TPSA) is 38.8 Å². The molecule has 0 radical (unpaired) electrons. The fourth-order valence-corrected chi connectivity index (χ4v) is 2.59. The highest BCUT2D eigenvalue weighted by Gasteiger charge is 2.14. The number of hydrogen-bond donors (Lipinski definition) is 0. The van der Waals surface area contributed by atoms with E-state index in [2.05, 4.69) is 17.1 Å². The third kappa shape index (κ3) is 5.74. The van der Waals surface area contributed by atoms with Gasteiger partial charge >= 0.3 is 5.97 Å². The van der Waals surface area contributed by atoms with Crippen molar-refractivity contribution in [3.8, 4) is 0 Å². The molecule has 1 aliphatic heterocycles. The van der Waals surface area contributed by atoms with E-state index in [4.69, 9.17) is 9.47 Å². The molecule has 1 heterocycles. The summed E-state index contributed by atoms with van der Waals surface area (Å²) in [5.41, 5.74) is 0. The molecule has 4 nitrogen and oxygen atoms in total. The van der Waals surface area contributed by atoms with Crippen molar-refractivity contribution in [3.63, 3.8) is 0 Å². The smallest absolute Gasteiger partial charge is 0.306 e. The molecule has 1 aliphatic carbocycles. The zero-order valence-electron chi connectivity index (χ0n) is 11.7. The van der Waals surface area contributed by atoms with Crippen molar-refractivity contribution in [2.45, 2.75) is 32.1 Å². The Bertz CT molecular complexity index is 298. The molecule has 0 saturated carbocycles. The number of morpholine rings is 1. The number of rotatable bonds is 7. The Morgan fingerprint density at radius 2 is 2.16 bits per heavy atom. The Morgan fingerprint density at radius 3 is 2.89 bits per heavy atom. The van der Waals surface area contributed by atoms with Crippen molar-refractivity contribution < 1.29 is 14.3 Å². The normalized spacial score (nSPS) is 23.7. The van der Waals surface area contributed by atoms with E-state index in [1.165, 1.54) is 0 Å². The summed E-state index contributed by atoms with van der Waals surface area (Å²) in [6.07, 6.45) is 9.11. The molecule has 0 unspecified atom stereocenters. The van der Waals surface area contributed by atoms with Crippen LogP contribution in [0.5, 0.6) is 0 Å². The van der Waals surface area contributed by atoms with Gasteiger partial charge in [-0.15, -0.1) is 0 Å². The van der Waals surface area contributed by atoms with Gasteiger partial charge in [-0.05, 0) is 38.1 Å². The van der Waals surface area contributed by atoms with Crippen molar-refractivity contribution in [3.05, 3.63) is 12.2 Å². The van der Waals surface area contributed by atoms with Crippen LogP contribution >= 0.6 is 0 Å². The van der Waals surface area contributed by atoms with Gasteiger partial charge in [0.2, 0.25) is 0 Å². The minimum atomic E-state index is -0.0390. The summed E-state index contributed by atoms with van der Waals surface area (Å²) in [5.74, 6) is 0.378. The maximum absolute atomic E-state index is 11.6. The molecule has 4 heteroatoms. The van der Waals surface area contributed by atoms with Crippen LogP contribution in [0.4, 0.5) is 0 Å². The third-order valence-corrected chi connectivity index (χ3v) is 3.78. The first-order valence-corrected chi connectivity index (χ1v) is 7.47. The van der Waals surface area contributed by atoms with E-state index < -0.39 is 0 Å². The Labute approximate surface area is 115 Å². The second-order valence-corrected chi connectivity index (χ2v) is 5.35. The number of carbonyl (C=O) groups is 1. The fraction of sp³-hybridized carbons (Fsp3) is 0.800. The van der Waals surface area contributed by atoms with Crippen molar-refractivity contribution in [1.82, 2.24) is 4.90 Å². The van der Waals surface area contributed by atoms with E-state index in [0.29, 0.717) is 18.9 Å². The van der Waals surface area contributed by atoms with Crippen LogP contribution < -0.4 is 0 Å². The van der Waals surface area contributed by atoms with Gasteiger partial charge in [0.05, 0.1) is 26.2 Å². The van der Waals surface area contributed by atoms with E-state index in [-0.39, 0.29) is 5.97 Å². The maximum atomic E-state index is 11.6. The molecule has 0 N–H and O–H groups in total. The van der Waals surface area contributed by atoms with Gasteiger partial charge in [0.15, 0.2) is 0 Å². The van der Waals surface area contributed by atoms with Gasteiger partial charge in [0.1, 0.15) is 0 Å². The summed E-state index contributed by atoms with van der Waals surface area (Å²) in [7, 11) is 0. The first-order chi connectivity index (χ1) is 9.34. The lowest BCUT2D eigenvalue weighted by atomic mass is 10.1. The van der Waals surface area contributed by atoms with Gasteiger partial charge in [-0.1, -0.05) is 12.2 Å². The van der Waals surface area contributed by atoms with Gasteiger partial charge in [-0.2, -0.15) is 0 Å². The summed E-state index contributed by atoms with van der Waals surface area (Å²) in [4.78, 5) is 14.0. The predicted octanol–water partition coefficient (Wildman–Crippen LogP) is 2.00. The van der Waals surface area contributed by atoms with E-state index in [1.54, 1.807) is 0 Å². The summed E-state index contributed by atoms with van der Waals surface area (Å²) in [5, 5.41) is 0. The van der Waals surface area contributed by atoms with E-state index in [1.807, 2.05) is 0 Å². The molecule has 1 saturated heterocycles. The van der Waals surface area contributed by atoms with E-state index in [0.717, 1.165) is 58.5 Å². The minimum absolute atomic E-state index is 0.0390. The lowest BCUT2D eigenvalue weighted by Gasteiger charge is -2.26. The van der Waals surface area contributed by atoms with Crippen molar-refractivity contribution in [1.29, 1.82) is 0 Å². The van der Waals surface area contributed by atoms with Gasteiger partial charge in [-0.3, -0.25) is 9.69 Å². The summed E-state index contributed by atoms with van der Waals surface area (Å²) in [6.45, 7) is 5.43. The Balaban J connectivity index is 1.44. The van der Waals surface area contributed by atoms with Crippen molar-refractivity contribution >= 4 is 5.97 Å². The minimum Gasteiger partial charge on any atom is -0.466 e. The van der Waals surface area contributed by atoms with Gasteiger partial charge in [0, 0.05) is 13.1 Å². The molecule has 0 amide bonds. The summed E-state index contributed by atoms with van der Waals surface area (Å²) >= 11 is 0. The third-order valence-electron chi connectivity index (χ3n) is 3.78. The Kier molecular flexibility index (Phi) is 6.37. The summed E-state index contributed by atoms with van der Waals surface area (Å²) < 4.78 is 10.6. The monoisotopic (exact) mass is 267 g/mol. The predicted molar refractivity (Wildman–Crippen MR) is 73.9 cm³/mol. The molecule has 0 spiro atoms. The number of allylic oxidation sites excluding steroid dienone is 2. The highest BCUT2D eigenvalue weighted by atomic mass is 16.5. The first kappa shape index (κ1) is 14.5. The number of nitrogens with zero attached hydrogens (tertiary/aromatic N) is 1. The van der Waals surface area contributed by atoms with Crippen LogP contribution in [0.3, 0.4) is 0 Å². The second kappa shape index (κ2) is 8.33. The van der Waals surface area contributed by atoms with Crippen LogP contribution in [0.2, 0.25) is 0 Å². The van der Waals surface area contributed by atoms with Crippen LogP contribution in [0, 0.1) is 5.92 Å². The molecule has 108 valence electrons. The van der Waals surface area contributed by atoms with Crippen LogP contribution in [-0.4, -0.2) is 50.3 Å². The Hall–Kier alpha value is -0.870. The molecule has 0 aromatic heterocycles. The van der Waals surface area contributed by atoms with Crippen LogP contribution in [-0.2, 0) is 14.3 Å². The number of ether oxygens (including phenoxy) is 2. The van der Waals surface area contributed by atoms with Crippen LogP contribution in [0.15, 0.2) is 12.2 Å². The number of esters is 1. The van der Waals surface area contributed by atoms with Gasteiger partial charge < -0.3 is 9.47 Å². The number of unbranched alkanes of at least 4 members (excludes halogenated alkanes) is 1. The van der Waals surface area contributed by atoms with Crippen molar-refractivity contribution in [2.75, 3.05) is 39.5 Å². The van der Waals surface area contributed by atoms with Crippen molar-refractivity contribution in [2.24, 2.45) is 5.92 Å². The van der Waals surface area contributed by atoms with Crippen LogP contribution in [0.25, 0.3) is 0 Å². The molecule has 0 bridgehead atoms. The molecular weight excluding hydrogens is 242 g/mol.